The summed E-state index contributed by atoms with van der Waals surface area (Å²) in [6, 6.07) is 14.2. The van der Waals surface area contributed by atoms with E-state index in [1.807, 2.05) is 37.3 Å². The number of rotatable bonds is 4. The van der Waals surface area contributed by atoms with Crippen LogP contribution in [-0.4, -0.2) is 19.5 Å². The highest BCUT2D eigenvalue weighted by molar-refractivity contribution is 5.95. The monoisotopic (exact) mass is 272 g/mol. The minimum Gasteiger partial charge on any atom is -0.374 e. The summed E-state index contributed by atoms with van der Waals surface area (Å²) < 4.78 is 13.6. The predicted octanol–water partition coefficient (Wildman–Crippen LogP) is 3.21. The summed E-state index contributed by atoms with van der Waals surface area (Å²) in [5.74, 6) is -0.476. The van der Waals surface area contributed by atoms with Crippen molar-refractivity contribution in [3.8, 4) is 0 Å². The average molecular weight is 272 g/mol. The molecule has 1 N–H and O–H groups in total. The van der Waals surface area contributed by atoms with E-state index in [4.69, 9.17) is 0 Å². The van der Waals surface area contributed by atoms with Gasteiger partial charge in [0.15, 0.2) is 0 Å². The molecule has 0 fully saturated rings. The Morgan fingerprint density at radius 3 is 2.55 bits per heavy atom. The second-order valence-corrected chi connectivity index (χ2v) is 4.63. The van der Waals surface area contributed by atoms with Gasteiger partial charge in [0.2, 0.25) is 5.91 Å². The van der Waals surface area contributed by atoms with Crippen molar-refractivity contribution in [1.82, 2.24) is 0 Å². The van der Waals surface area contributed by atoms with Gasteiger partial charge in [-0.2, -0.15) is 0 Å². The van der Waals surface area contributed by atoms with Crippen molar-refractivity contribution in [2.24, 2.45) is 0 Å². The van der Waals surface area contributed by atoms with Crippen molar-refractivity contribution in [2.45, 2.75) is 6.92 Å². The predicted molar refractivity (Wildman–Crippen MR) is 79.5 cm³/mol. The number of benzene rings is 2. The van der Waals surface area contributed by atoms with Gasteiger partial charge in [0.1, 0.15) is 5.82 Å². The standard InChI is InChI=1S/C16H17FN2O/c1-12-8-9-15(14(17)10-12)18-11-16(20)19(2)13-6-4-3-5-7-13/h3-10,18H,11H2,1-2H3. The topological polar surface area (TPSA) is 32.3 Å². The number of hydrogen-bond acceptors (Lipinski definition) is 2. The van der Waals surface area contributed by atoms with E-state index >= 15 is 0 Å². The molecule has 0 spiro atoms. The van der Waals surface area contributed by atoms with Crippen LogP contribution in [0.3, 0.4) is 0 Å². The molecular weight excluding hydrogens is 255 g/mol. The summed E-state index contributed by atoms with van der Waals surface area (Å²) >= 11 is 0. The molecule has 2 aromatic carbocycles. The number of amides is 1. The molecule has 0 atom stereocenters. The van der Waals surface area contributed by atoms with E-state index in [1.165, 1.54) is 6.07 Å². The molecule has 2 rings (SSSR count). The van der Waals surface area contributed by atoms with Crippen LogP contribution in [0.2, 0.25) is 0 Å². The van der Waals surface area contributed by atoms with Gasteiger partial charge in [-0.15, -0.1) is 0 Å². The van der Waals surface area contributed by atoms with Gasteiger partial charge in [-0.05, 0) is 36.8 Å². The molecule has 0 aromatic heterocycles. The molecule has 0 saturated carbocycles. The lowest BCUT2D eigenvalue weighted by atomic mass is 10.2. The van der Waals surface area contributed by atoms with Gasteiger partial charge in [-0.1, -0.05) is 24.3 Å². The van der Waals surface area contributed by atoms with E-state index in [0.717, 1.165) is 11.3 Å². The maximum absolute atomic E-state index is 13.6. The average Bonchev–Trinajstić information content (AvgIpc) is 2.46. The first-order valence-electron chi connectivity index (χ1n) is 6.39. The quantitative estimate of drug-likeness (QED) is 0.927. The molecule has 0 saturated heterocycles. The maximum Gasteiger partial charge on any atom is 0.246 e. The van der Waals surface area contributed by atoms with Crippen molar-refractivity contribution in [3.05, 3.63) is 59.9 Å². The molecule has 0 radical (unpaired) electrons. The lowest BCUT2D eigenvalue weighted by Crippen LogP contribution is -2.32. The maximum atomic E-state index is 13.6. The SMILES string of the molecule is Cc1ccc(NCC(=O)N(C)c2ccccc2)c(F)c1. The molecule has 0 heterocycles. The number of likely N-dealkylation sites (N-methyl/N-ethyl adjacent to an activating group) is 1. The number of carbonyl (C=O) groups excluding carboxylic acids is 1. The fraction of sp³-hybridized carbons (Fsp3) is 0.188. The number of halogens is 1. The molecule has 20 heavy (non-hydrogen) atoms. The Labute approximate surface area is 118 Å². The van der Waals surface area contributed by atoms with Crippen LogP contribution in [-0.2, 0) is 4.79 Å². The zero-order valence-electron chi connectivity index (χ0n) is 11.6. The van der Waals surface area contributed by atoms with Gasteiger partial charge in [-0.3, -0.25) is 4.79 Å². The molecule has 2 aromatic rings. The molecular formula is C16H17FN2O. The van der Waals surface area contributed by atoms with Gasteiger partial charge in [0.25, 0.3) is 0 Å². The summed E-state index contributed by atoms with van der Waals surface area (Å²) in [6.45, 7) is 1.87. The van der Waals surface area contributed by atoms with Gasteiger partial charge < -0.3 is 10.2 Å². The van der Waals surface area contributed by atoms with E-state index in [1.54, 1.807) is 24.1 Å². The summed E-state index contributed by atoms with van der Waals surface area (Å²) in [4.78, 5) is 13.6. The summed E-state index contributed by atoms with van der Waals surface area (Å²) in [5, 5.41) is 2.82. The Kier molecular flexibility index (Phi) is 4.35. The van der Waals surface area contributed by atoms with Crippen molar-refractivity contribution in [3.63, 3.8) is 0 Å². The first-order valence-corrected chi connectivity index (χ1v) is 6.39. The van der Waals surface area contributed by atoms with E-state index in [0.29, 0.717) is 5.69 Å². The second kappa shape index (κ2) is 6.19. The van der Waals surface area contributed by atoms with Crippen LogP contribution >= 0.6 is 0 Å². The molecule has 0 aliphatic rings. The minimum atomic E-state index is -0.347. The first-order chi connectivity index (χ1) is 9.58. The Hall–Kier alpha value is -2.36. The van der Waals surface area contributed by atoms with E-state index in [2.05, 4.69) is 5.32 Å². The lowest BCUT2D eigenvalue weighted by molar-refractivity contribution is -0.116. The summed E-state index contributed by atoms with van der Waals surface area (Å²) in [6.07, 6.45) is 0. The largest absolute Gasteiger partial charge is 0.374 e. The van der Waals surface area contributed by atoms with Crippen LogP contribution in [0.5, 0.6) is 0 Å². The zero-order chi connectivity index (χ0) is 14.5. The fourth-order valence-corrected chi connectivity index (χ4v) is 1.85. The number of nitrogens with one attached hydrogen (secondary N) is 1. The molecule has 0 bridgehead atoms. The van der Waals surface area contributed by atoms with Crippen molar-refractivity contribution in [1.29, 1.82) is 0 Å². The highest BCUT2D eigenvalue weighted by atomic mass is 19.1. The van der Waals surface area contributed by atoms with Crippen molar-refractivity contribution >= 4 is 17.3 Å². The highest BCUT2D eigenvalue weighted by Crippen LogP contribution is 2.16. The van der Waals surface area contributed by atoms with Gasteiger partial charge in [-0.25, -0.2) is 4.39 Å². The van der Waals surface area contributed by atoms with Crippen LogP contribution in [0, 0.1) is 12.7 Å². The Morgan fingerprint density at radius 1 is 1.20 bits per heavy atom. The van der Waals surface area contributed by atoms with E-state index in [9.17, 15) is 9.18 Å². The molecule has 104 valence electrons. The Balaban J connectivity index is 1.98. The highest BCUT2D eigenvalue weighted by Gasteiger charge is 2.11. The van der Waals surface area contributed by atoms with Crippen LogP contribution in [0.15, 0.2) is 48.5 Å². The third-order valence-corrected chi connectivity index (χ3v) is 3.07. The van der Waals surface area contributed by atoms with Crippen molar-refractivity contribution < 1.29 is 9.18 Å². The van der Waals surface area contributed by atoms with Gasteiger partial charge >= 0.3 is 0 Å². The fourth-order valence-electron chi connectivity index (χ4n) is 1.85. The number of nitrogens with zero attached hydrogens (tertiary/aromatic N) is 1. The number of anilines is 2. The molecule has 3 nitrogen and oxygen atoms in total. The molecule has 1 amide bonds. The summed E-state index contributed by atoms with van der Waals surface area (Å²) in [5.41, 5.74) is 2.00. The first kappa shape index (κ1) is 14.1. The number of hydrogen-bond donors (Lipinski definition) is 1. The lowest BCUT2D eigenvalue weighted by Gasteiger charge is -2.18. The molecule has 4 heteroatoms. The Bertz CT molecular complexity index is 599. The van der Waals surface area contributed by atoms with Gasteiger partial charge in [0, 0.05) is 12.7 Å². The number of aryl methyl sites for hydroxylation is 1. The number of carbonyl (C=O) groups is 1. The molecule has 0 aliphatic heterocycles. The number of para-hydroxylation sites is 1. The third-order valence-electron chi connectivity index (χ3n) is 3.07. The van der Waals surface area contributed by atoms with Crippen LogP contribution in [0.4, 0.5) is 15.8 Å². The van der Waals surface area contributed by atoms with Crippen LogP contribution < -0.4 is 10.2 Å². The molecule has 0 aliphatic carbocycles. The Morgan fingerprint density at radius 2 is 1.90 bits per heavy atom. The van der Waals surface area contributed by atoms with Crippen LogP contribution in [0.25, 0.3) is 0 Å². The summed E-state index contributed by atoms with van der Waals surface area (Å²) in [7, 11) is 1.70. The smallest absolute Gasteiger partial charge is 0.246 e. The van der Waals surface area contributed by atoms with E-state index in [-0.39, 0.29) is 18.3 Å². The second-order valence-electron chi connectivity index (χ2n) is 4.63. The molecule has 0 unspecified atom stereocenters. The normalized spacial score (nSPS) is 10.2. The van der Waals surface area contributed by atoms with Gasteiger partial charge in [0.05, 0.1) is 12.2 Å². The minimum absolute atomic E-state index is 0.0470. The third kappa shape index (κ3) is 3.35. The zero-order valence-corrected chi connectivity index (χ0v) is 11.6. The van der Waals surface area contributed by atoms with Crippen molar-refractivity contribution in [2.75, 3.05) is 23.8 Å². The van der Waals surface area contributed by atoms with Crippen LogP contribution in [0.1, 0.15) is 5.56 Å². The van der Waals surface area contributed by atoms with E-state index < -0.39 is 0 Å².